The summed E-state index contributed by atoms with van der Waals surface area (Å²) in [5, 5.41) is 3.06. The molecule has 1 heterocycles. The Hall–Kier alpha value is -3.03. The number of halogens is 1. The fourth-order valence-corrected chi connectivity index (χ4v) is 6.06. The maximum absolute atomic E-state index is 13.3. The Labute approximate surface area is 211 Å². The van der Waals surface area contributed by atoms with Crippen molar-refractivity contribution in [2.75, 3.05) is 17.5 Å². The van der Waals surface area contributed by atoms with Crippen molar-refractivity contribution in [1.29, 1.82) is 0 Å². The molecule has 1 atom stereocenters. The van der Waals surface area contributed by atoms with Crippen molar-refractivity contribution in [3.05, 3.63) is 88.9 Å². The third-order valence-electron chi connectivity index (χ3n) is 6.03. The first kappa shape index (κ1) is 25.1. The molecule has 0 saturated carbocycles. The van der Waals surface area contributed by atoms with E-state index in [1.54, 1.807) is 0 Å². The number of fused-ring (bicyclic) bond motifs is 1. The first-order chi connectivity index (χ1) is 16.8. The van der Waals surface area contributed by atoms with Crippen LogP contribution in [0.15, 0.2) is 77.7 Å². The zero-order valence-electron chi connectivity index (χ0n) is 19.6. The highest BCUT2D eigenvalue weighted by molar-refractivity contribution is 7.92. The van der Waals surface area contributed by atoms with Gasteiger partial charge in [-0.1, -0.05) is 60.1 Å². The number of aryl methyl sites for hydroxylation is 2. The SMILES string of the molecule is C[C@H](CCc1ccccc1)NC(=O)COc1ccc(S(=O)(=O)N2CCCc3ccccc32)cc1Cl. The van der Waals surface area contributed by atoms with E-state index in [1.807, 2.05) is 49.4 Å². The summed E-state index contributed by atoms with van der Waals surface area (Å²) in [5.41, 5.74) is 2.94. The van der Waals surface area contributed by atoms with Crippen molar-refractivity contribution in [2.24, 2.45) is 0 Å². The molecule has 0 saturated heterocycles. The van der Waals surface area contributed by atoms with Crippen LogP contribution < -0.4 is 14.4 Å². The van der Waals surface area contributed by atoms with Crippen molar-refractivity contribution >= 4 is 33.2 Å². The zero-order valence-corrected chi connectivity index (χ0v) is 21.2. The van der Waals surface area contributed by atoms with Crippen LogP contribution in [0.5, 0.6) is 5.75 Å². The smallest absolute Gasteiger partial charge is 0.264 e. The molecule has 1 N–H and O–H groups in total. The Bertz CT molecular complexity index is 1280. The number of hydrogen-bond donors (Lipinski definition) is 1. The molecule has 4 rings (SSSR count). The Kier molecular flexibility index (Phi) is 7.98. The highest BCUT2D eigenvalue weighted by Gasteiger charge is 2.29. The number of para-hydroxylation sites is 1. The van der Waals surface area contributed by atoms with Gasteiger partial charge in [0.05, 0.1) is 15.6 Å². The van der Waals surface area contributed by atoms with Crippen molar-refractivity contribution in [2.45, 2.75) is 43.5 Å². The lowest BCUT2D eigenvalue weighted by Crippen LogP contribution is -2.36. The van der Waals surface area contributed by atoms with Crippen LogP contribution in [0.1, 0.15) is 30.9 Å². The van der Waals surface area contributed by atoms with E-state index in [9.17, 15) is 13.2 Å². The Morgan fingerprint density at radius 3 is 2.60 bits per heavy atom. The molecule has 6 nitrogen and oxygen atoms in total. The monoisotopic (exact) mass is 512 g/mol. The number of benzene rings is 3. The highest BCUT2D eigenvalue weighted by Crippen LogP contribution is 2.34. The predicted octanol–water partition coefficient (Wildman–Crippen LogP) is 5.00. The van der Waals surface area contributed by atoms with Gasteiger partial charge in [0.15, 0.2) is 6.61 Å². The Morgan fingerprint density at radius 2 is 1.83 bits per heavy atom. The van der Waals surface area contributed by atoms with Gasteiger partial charge in [-0.25, -0.2) is 8.42 Å². The zero-order chi connectivity index (χ0) is 24.8. The summed E-state index contributed by atoms with van der Waals surface area (Å²) >= 11 is 6.34. The lowest BCUT2D eigenvalue weighted by Gasteiger charge is -2.30. The molecule has 8 heteroatoms. The molecule has 0 unspecified atom stereocenters. The van der Waals surface area contributed by atoms with Crippen LogP contribution in [0.4, 0.5) is 5.69 Å². The van der Waals surface area contributed by atoms with Crippen molar-refractivity contribution < 1.29 is 17.9 Å². The minimum atomic E-state index is -3.78. The number of nitrogens with one attached hydrogen (secondary N) is 1. The largest absolute Gasteiger partial charge is 0.482 e. The van der Waals surface area contributed by atoms with E-state index in [4.69, 9.17) is 16.3 Å². The molecule has 0 radical (unpaired) electrons. The van der Waals surface area contributed by atoms with Crippen molar-refractivity contribution in [3.63, 3.8) is 0 Å². The van der Waals surface area contributed by atoms with Gasteiger partial charge in [-0.15, -0.1) is 0 Å². The van der Waals surface area contributed by atoms with E-state index in [2.05, 4.69) is 17.4 Å². The summed E-state index contributed by atoms with van der Waals surface area (Å²) in [4.78, 5) is 12.4. The maximum atomic E-state index is 13.3. The molecular weight excluding hydrogens is 484 g/mol. The minimum Gasteiger partial charge on any atom is -0.482 e. The van der Waals surface area contributed by atoms with Crippen LogP contribution in [-0.2, 0) is 27.7 Å². The van der Waals surface area contributed by atoms with Gasteiger partial charge in [-0.3, -0.25) is 9.10 Å². The number of hydrogen-bond acceptors (Lipinski definition) is 4. The van der Waals surface area contributed by atoms with Crippen LogP contribution in [0.3, 0.4) is 0 Å². The van der Waals surface area contributed by atoms with Gasteiger partial charge < -0.3 is 10.1 Å². The molecule has 0 bridgehead atoms. The third kappa shape index (κ3) is 6.16. The van der Waals surface area contributed by atoms with Crippen LogP contribution >= 0.6 is 11.6 Å². The van der Waals surface area contributed by atoms with Crippen LogP contribution in [0, 0.1) is 0 Å². The fraction of sp³-hybridized carbons (Fsp3) is 0.296. The predicted molar refractivity (Wildman–Crippen MR) is 139 cm³/mol. The number of carbonyl (C=O) groups excluding carboxylic acids is 1. The Balaban J connectivity index is 1.35. The Morgan fingerprint density at radius 1 is 1.09 bits per heavy atom. The third-order valence-corrected chi connectivity index (χ3v) is 8.14. The average Bonchev–Trinajstić information content (AvgIpc) is 2.87. The second-order valence-corrected chi connectivity index (χ2v) is 11.0. The second-order valence-electron chi connectivity index (χ2n) is 8.68. The van der Waals surface area contributed by atoms with Crippen LogP contribution in [0.2, 0.25) is 5.02 Å². The molecule has 35 heavy (non-hydrogen) atoms. The normalized spacial score (nSPS) is 14.2. The summed E-state index contributed by atoms with van der Waals surface area (Å²) in [7, 11) is -3.78. The standard InChI is InChI=1S/C27H29ClN2O4S/c1-20(13-14-21-8-3-2-4-9-21)29-27(31)19-34-26-16-15-23(18-24(26)28)35(32,33)30-17-7-11-22-10-5-6-12-25(22)30/h2-6,8-10,12,15-16,18,20H,7,11,13-14,17,19H2,1H3,(H,29,31)/t20-/m1/s1. The lowest BCUT2D eigenvalue weighted by molar-refractivity contribution is -0.123. The van der Waals surface area contributed by atoms with Gasteiger partial charge in [0, 0.05) is 12.6 Å². The van der Waals surface area contributed by atoms with Gasteiger partial charge in [-0.05, 0) is 68.0 Å². The summed E-state index contributed by atoms with van der Waals surface area (Å²) in [5.74, 6) is -0.000000246. The molecule has 0 spiro atoms. The maximum Gasteiger partial charge on any atom is 0.264 e. The fourth-order valence-electron chi connectivity index (χ4n) is 4.19. The first-order valence-corrected chi connectivity index (χ1v) is 13.5. The summed E-state index contributed by atoms with van der Waals surface area (Å²) in [6.45, 7) is 2.16. The summed E-state index contributed by atoms with van der Waals surface area (Å²) < 4.78 is 33.7. The number of anilines is 1. The van der Waals surface area contributed by atoms with E-state index in [0.717, 1.165) is 31.2 Å². The number of nitrogens with zero attached hydrogens (tertiary/aromatic N) is 1. The van der Waals surface area contributed by atoms with E-state index in [1.165, 1.54) is 28.1 Å². The van der Waals surface area contributed by atoms with Crippen molar-refractivity contribution in [3.8, 4) is 5.75 Å². The first-order valence-electron chi connectivity index (χ1n) is 11.7. The van der Waals surface area contributed by atoms with E-state index >= 15 is 0 Å². The average molecular weight is 513 g/mol. The molecule has 184 valence electrons. The number of rotatable bonds is 9. The van der Waals surface area contributed by atoms with Gasteiger partial charge in [-0.2, -0.15) is 0 Å². The van der Waals surface area contributed by atoms with E-state index in [0.29, 0.717) is 12.2 Å². The molecule has 1 amide bonds. The van der Waals surface area contributed by atoms with E-state index in [-0.39, 0.29) is 34.2 Å². The van der Waals surface area contributed by atoms with Gasteiger partial charge in [0.25, 0.3) is 15.9 Å². The van der Waals surface area contributed by atoms with Gasteiger partial charge in [0.2, 0.25) is 0 Å². The number of amides is 1. The van der Waals surface area contributed by atoms with E-state index < -0.39 is 10.0 Å². The number of carbonyl (C=O) groups is 1. The highest BCUT2D eigenvalue weighted by atomic mass is 35.5. The van der Waals surface area contributed by atoms with Gasteiger partial charge in [0.1, 0.15) is 5.75 Å². The molecule has 3 aromatic carbocycles. The summed E-state index contributed by atoms with van der Waals surface area (Å²) in [6.07, 6.45) is 3.28. The topological polar surface area (TPSA) is 75.7 Å². The molecule has 1 aliphatic rings. The molecule has 0 aliphatic carbocycles. The number of ether oxygens (including phenoxy) is 1. The van der Waals surface area contributed by atoms with Crippen LogP contribution in [0.25, 0.3) is 0 Å². The van der Waals surface area contributed by atoms with Gasteiger partial charge >= 0.3 is 0 Å². The molecule has 0 aromatic heterocycles. The van der Waals surface area contributed by atoms with Crippen LogP contribution in [-0.4, -0.2) is 33.5 Å². The molecular formula is C27H29ClN2O4S. The lowest BCUT2D eigenvalue weighted by atomic mass is 10.0. The molecule has 3 aromatic rings. The summed E-state index contributed by atoms with van der Waals surface area (Å²) in [6, 6.07) is 22.0. The molecule has 0 fully saturated rings. The molecule has 1 aliphatic heterocycles. The minimum absolute atomic E-state index is 0.0123. The second kappa shape index (κ2) is 11.1. The number of sulfonamides is 1. The quantitative estimate of drug-likeness (QED) is 0.438. The van der Waals surface area contributed by atoms with Crippen molar-refractivity contribution in [1.82, 2.24) is 5.32 Å².